The van der Waals surface area contributed by atoms with Crippen molar-refractivity contribution in [1.29, 1.82) is 0 Å². The number of ketones is 1. The monoisotopic (exact) mass is 278 g/mol. The molecule has 2 nitrogen and oxygen atoms in total. The molecule has 1 aromatic carbocycles. The van der Waals surface area contributed by atoms with Gasteiger partial charge in [0.2, 0.25) is 0 Å². The van der Waals surface area contributed by atoms with E-state index in [4.69, 9.17) is 16.3 Å². The van der Waals surface area contributed by atoms with Crippen LogP contribution in [-0.2, 0) is 15.7 Å². The minimum atomic E-state index is -4.51. The summed E-state index contributed by atoms with van der Waals surface area (Å²) in [6.07, 6.45) is -4.69. The predicted octanol–water partition coefficient (Wildman–Crippen LogP) is 3.78. The van der Waals surface area contributed by atoms with E-state index >= 15 is 0 Å². The summed E-state index contributed by atoms with van der Waals surface area (Å²) >= 11 is 5.52. The van der Waals surface area contributed by atoms with Crippen molar-refractivity contribution in [2.45, 2.75) is 25.1 Å². The van der Waals surface area contributed by atoms with E-state index in [1.807, 2.05) is 0 Å². The number of hydrogen-bond donors (Lipinski definition) is 0. The van der Waals surface area contributed by atoms with Crippen molar-refractivity contribution in [3.8, 4) is 0 Å². The SMILES string of the molecule is O=C1CCOC(c2ccc(Cl)c(C(F)(F)F)c2)C1. The van der Waals surface area contributed by atoms with Crippen LogP contribution in [0.25, 0.3) is 0 Å². The van der Waals surface area contributed by atoms with E-state index in [1.54, 1.807) is 0 Å². The van der Waals surface area contributed by atoms with Crippen molar-refractivity contribution in [3.63, 3.8) is 0 Å². The first-order chi connectivity index (χ1) is 8.38. The number of alkyl halides is 3. The van der Waals surface area contributed by atoms with Crippen molar-refractivity contribution in [2.75, 3.05) is 6.61 Å². The summed E-state index contributed by atoms with van der Waals surface area (Å²) in [5, 5.41) is -0.353. The molecule has 18 heavy (non-hydrogen) atoms. The molecular formula is C12H10ClF3O2. The zero-order valence-corrected chi connectivity index (χ0v) is 10.0. The van der Waals surface area contributed by atoms with Crippen molar-refractivity contribution in [3.05, 3.63) is 34.3 Å². The van der Waals surface area contributed by atoms with Gasteiger partial charge in [0.05, 0.1) is 23.3 Å². The Morgan fingerprint density at radius 3 is 2.67 bits per heavy atom. The number of halogens is 4. The van der Waals surface area contributed by atoms with Gasteiger partial charge in [-0.2, -0.15) is 13.2 Å². The van der Waals surface area contributed by atoms with Gasteiger partial charge in [0.15, 0.2) is 0 Å². The van der Waals surface area contributed by atoms with Crippen LogP contribution in [0.5, 0.6) is 0 Å². The molecule has 2 rings (SSSR count). The maximum Gasteiger partial charge on any atom is 0.417 e. The van der Waals surface area contributed by atoms with Crippen LogP contribution in [-0.4, -0.2) is 12.4 Å². The number of Topliss-reactive ketones (excluding diaryl/α,β-unsaturated/α-hetero) is 1. The summed E-state index contributed by atoms with van der Waals surface area (Å²) in [5.41, 5.74) is -0.567. The van der Waals surface area contributed by atoms with Gasteiger partial charge in [0.25, 0.3) is 0 Å². The molecule has 0 radical (unpaired) electrons. The minimum absolute atomic E-state index is 0.00485. The van der Waals surface area contributed by atoms with E-state index in [2.05, 4.69) is 0 Å². The van der Waals surface area contributed by atoms with Gasteiger partial charge in [-0.3, -0.25) is 4.79 Å². The Morgan fingerprint density at radius 2 is 2.06 bits per heavy atom. The molecule has 1 fully saturated rings. The van der Waals surface area contributed by atoms with Crippen LogP contribution in [0.4, 0.5) is 13.2 Å². The van der Waals surface area contributed by atoms with E-state index in [9.17, 15) is 18.0 Å². The molecule has 1 saturated heterocycles. The van der Waals surface area contributed by atoms with E-state index in [0.717, 1.165) is 6.07 Å². The fourth-order valence-electron chi connectivity index (χ4n) is 1.86. The Kier molecular flexibility index (Phi) is 3.64. The van der Waals surface area contributed by atoms with Crippen molar-refractivity contribution >= 4 is 17.4 Å². The van der Waals surface area contributed by atoms with Gasteiger partial charge >= 0.3 is 6.18 Å². The third-order valence-electron chi connectivity index (χ3n) is 2.78. The zero-order chi connectivity index (χ0) is 13.3. The maximum atomic E-state index is 12.7. The molecule has 1 atom stereocenters. The number of ether oxygens (including phenoxy) is 1. The normalized spacial score (nSPS) is 21.1. The van der Waals surface area contributed by atoms with E-state index in [-0.39, 0.29) is 23.8 Å². The highest BCUT2D eigenvalue weighted by molar-refractivity contribution is 6.31. The molecule has 0 spiro atoms. The Bertz CT molecular complexity index is 471. The first kappa shape index (κ1) is 13.4. The van der Waals surface area contributed by atoms with Gasteiger partial charge in [-0.05, 0) is 17.7 Å². The molecule has 0 bridgehead atoms. The van der Waals surface area contributed by atoms with Gasteiger partial charge in [0.1, 0.15) is 5.78 Å². The topological polar surface area (TPSA) is 26.3 Å². The molecule has 6 heteroatoms. The Labute approximate surface area is 107 Å². The van der Waals surface area contributed by atoms with Gasteiger partial charge in [-0.25, -0.2) is 0 Å². The fourth-order valence-corrected chi connectivity index (χ4v) is 2.08. The quantitative estimate of drug-likeness (QED) is 0.781. The minimum Gasteiger partial charge on any atom is -0.373 e. The van der Waals surface area contributed by atoms with Crippen LogP contribution in [0, 0.1) is 0 Å². The highest BCUT2D eigenvalue weighted by atomic mass is 35.5. The number of carbonyl (C=O) groups is 1. The number of rotatable bonds is 1. The molecule has 0 amide bonds. The van der Waals surface area contributed by atoms with Gasteiger partial charge in [-0.1, -0.05) is 17.7 Å². The smallest absolute Gasteiger partial charge is 0.373 e. The summed E-state index contributed by atoms with van der Waals surface area (Å²) in [6.45, 7) is 0.244. The maximum absolute atomic E-state index is 12.7. The number of benzene rings is 1. The highest BCUT2D eigenvalue weighted by Gasteiger charge is 2.34. The van der Waals surface area contributed by atoms with Crippen LogP contribution in [0.2, 0.25) is 5.02 Å². The van der Waals surface area contributed by atoms with Crippen molar-refractivity contribution < 1.29 is 22.7 Å². The standard InChI is InChI=1S/C12H10ClF3O2/c13-10-2-1-7(5-9(10)12(14,15)16)11-6-8(17)3-4-18-11/h1-2,5,11H,3-4,6H2. The molecule has 1 aliphatic heterocycles. The molecule has 0 aliphatic carbocycles. The van der Waals surface area contributed by atoms with E-state index in [0.29, 0.717) is 12.0 Å². The lowest BCUT2D eigenvalue weighted by Gasteiger charge is -2.23. The van der Waals surface area contributed by atoms with Crippen LogP contribution < -0.4 is 0 Å². The summed E-state index contributed by atoms with van der Waals surface area (Å²) in [7, 11) is 0. The highest BCUT2D eigenvalue weighted by Crippen LogP contribution is 2.37. The number of carbonyl (C=O) groups excluding carboxylic acids is 1. The summed E-state index contributed by atoms with van der Waals surface area (Å²) < 4.78 is 43.4. The van der Waals surface area contributed by atoms with Gasteiger partial charge in [-0.15, -0.1) is 0 Å². The van der Waals surface area contributed by atoms with Crippen molar-refractivity contribution in [1.82, 2.24) is 0 Å². The molecular weight excluding hydrogens is 269 g/mol. The molecule has 0 aromatic heterocycles. The lowest BCUT2D eigenvalue weighted by atomic mass is 9.98. The van der Waals surface area contributed by atoms with Crippen LogP contribution in [0.3, 0.4) is 0 Å². The van der Waals surface area contributed by atoms with E-state index in [1.165, 1.54) is 12.1 Å². The predicted molar refractivity (Wildman–Crippen MR) is 59.4 cm³/mol. The average Bonchev–Trinajstić information content (AvgIpc) is 2.28. The molecule has 1 heterocycles. The molecule has 0 saturated carbocycles. The van der Waals surface area contributed by atoms with Crippen LogP contribution in [0.1, 0.15) is 30.1 Å². The third-order valence-corrected chi connectivity index (χ3v) is 3.11. The summed E-state index contributed by atoms with van der Waals surface area (Å²) in [5.74, 6) is -0.00485. The molecule has 0 N–H and O–H groups in total. The fraction of sp³-hybridized carbons (Fsp3) is 0.417. The molecule has 1 aliphatic rings. The second kappa shape index (κ2) is 4.90. The first-order valence-corrected chi connectivity index (χ1v) is 5.75. The van der Waals surface area contributed by atoms with E-state index < -0.39 is 17.8 Å². The average molecular weight is 279 g/mol. The Hall–Kier alpha value is -1.07. The summed E-state index contributed by atoms with van der Waals surface area (Å²) in [4.78, 5) is 11.3. The molecule has 1 aromatic rings. The van der Waals surface area contributed by atoms with Gasteiger partial charge in [0, 0.05) is 12.8 Å². The lowest BCUT2D eigenvalue weighted by Crippen LogP contribution is -2.20. The number of hydrogen-bond acceptors (Lipinski definition) is 2. The molecule has 98 valence electrons. The second-order valence-electron chi connectivity index (χ2n) is 4.09. The van der Waals surface area contributed by atoms with Crippen molar-refractivity contribution in [2.24, 2.45) is 0 Å². The molecule has 1 unspecified atom stereocenters. The van der Waals surface area contributed by atoms with Gasteiger partial charge < -0.3 is 4.74 Å². The zero-order valence-electron chi connectivity index (χ0n) is 9.26. The Balaban J connectivity index is 2.32. The summed E-state index contributed by atoms with van der Waals surface area (Å²) in [6, 6.07) is 3.59. The lowest BCUT2D eigenvalue weighted by molar-refractivity contribution is -0.137. The largest absolute Gasteiger partial charge is 0.417 e. The van der Waals surface area contributed by atoms with Crippen LogP contribution in [0.15, 0.2) is 18.2 Å². The second-order valence-corrected chi connectivity index (χ2v) is 4.50. The third kappa shape index (κ3) is 2.84. The Morgan fingerprint density at radius 1 is 1.33 bits per heavy atom. The first-order valence-electron chi connectivity index (χ1n) is 5.38. The van der Waals surface area contributed by atoms with Crippen LogP contribution >= 0.6 is 11.6 Å².